The first-order chi connectivity index (χ1) is 6.43. The van der Waals surface area contributed by atoms with Gasteiger partial charge in [0.2, 0.25) is 5.82 Å². The van der Waals surface area contributed by atoms with Gasteiger partial charge in [-0.15, -0.1) is 0 Å². The molecule has 0 saturated heterocycles. The van der Waals surface area contributed by atoms with Crippen LogP contribution in [0.4, 0.5) is 10.1 Å². The predicted octanol–water partition coefficient (Wildman–Crippen LogP) is 2.04. The Morgan fingerprint density at radius 3 is 2.57 bits per heavy atom. The van der Waals surface area contributed by atoms with Crippen molar-refractivity contribution in [1.82, 2.24) is 0 Å². The zero-order chi connectivity index (χ0) is 10.9. The average molecular weight is 311 g/mol. The summed E-state index contributed by atoms with van der Waals surface area (Å²) in [7, 11) is 0. The van der Waals surface area contributed by atoms with Gasteiger partial charge in [-0.05, 0) is 28.7 Å². The SMILES string of the molecule is O=C(O)c1cc(I)cc([N+](=O)[O-])c1F. The van der Waals surface area contributed by atoms with Crippen LogP contribution in [0.2, 0.25) is 0 Å². The van der Waals surface area contributed by atoms with Crippen LogP contribution in [0.3, 0.4) is 0 Å². The van der Waals surface area contributed by atoms with Crippen LogP contribution in [0.1, 0.15) is 10.4 Å². The van der Waals surface area contributed by atoms with Gasteiger partial charge in [0, 0.05) is 9.64 Å². The molecule has 0 aromatic heterocycles. The second-order valence-corrected chi connectivity index (χ2v) is 3.59. The van der Waals surface area contributed by atoms with E-state index in [1.165, 1.54) is 0 Å². The highest BCUT2D eigenvalue weighted by molar-refractivity contribution is 14.1. The molecule has 1 aromatic rings. The quantitative estimate of drug-likeness (QED) is 0.515. The number of nitro groups is 1. The van der Waals surface area contributed by atoms with Crippen LogP contribution >= 0.6 is 22.6 Å². The molecule has 0 spiro atoms. The molecule has 0 atom stereocenters. The Kier molecular flexibility index (Phi) is 2.99. The highest BCUT2D eigenvalue weighted by atomic mass is 127. The molecule has 0 bridgehead atoms. The van der Waals surface area contributed by atoms with Gasteiger partial charge < -0.3 is 5.11 Å². The monoisotopic (exact) mass is 311 g/mol. The number of aromatic carboxylic acids is 1. The van der Waals surface area contributed by atoms with E-state index in [0.717, 1.165) is 12.1 Å². The fourth-order valence-electron chi connectivity index (χ4n) is 0.863. The zero-order valence-corrected chi connectivity index (χ0v) is 8.69. The van der Waals surface area contributed by atoms with Crippen LogP contribution in [-0.2, 0) is 0 Å². The van der Waals surface area contributed by atoms with E-state index in [9.17, 15) is 19.3 Å². The number of carboxylic acids is 1. The number of carbonyl (C=O) groups is 1. The summed E-state index contributed by atoms with van der Waals surface area (Å²) in [6.07, 6.45) is 0. The van der Waals surface area contributed by atoms with E-state index in [1.807, 2.05) is 0 Å². The Morgan fingerprint density at radius 2 is 2.14 bits per heavy atom. The van der Waals surface area contributed by atoms with Gasteiger partial charge in [0.1, 0.15) is 5.56 Å². The van der Waals surface area contributed by atoms with E-state index in [2.05, 4.69) is 0 Å². The summed E-state index contributed by atoms with van der Waals surface area (Å²) in [5, 5.41) is 18.8. The van der Waals surface area contributed by atoms with Gasteiger partial charge in [0.15, 0.2) is 0 Å². The molecule has 0 fully saturated rings. The molecule has 0 heterocycles. The molecular weight excluding hydrogens is 308 g/mol. The zero-order valence-electron chi connectivity index (χ0n) is 6.53. The second-order valence-electron chi connectivity index (χ2n) is 2.35. The van der Waals surface area contributed by atoms with Gasteiger partial charge in [-0.25, -0.2) is 4.79 Å². The molecule has 0 saturated carbocycles. The normalized spacial score (nSPS) is 9.86. The molecule has 0 aliphatic heterocycles. The van der Waals surface area contributed by atoms with Crippen molar-refractivity contribution in [3.63, 3.8) is 0 Å². The molecule has 0 aliphatic rings. The maximum absolute atomic E-state index is 13.1. The second kappa shape index (κ2) is 3.86. The lowest BCUT2D eigenvalue weighted by Crippen LogP contribution is -2.04. The van der Waals surface area contributed by atoms with Crippen LogP contribution in [0.5, 0.6) is 0 Å². The summed E-state index contributed by atoms with van der Waals surface area (Å²) in [6, 6.07) is 2.01. The Labute approximate surface area is 90.8 Å². The minimum Gasteiger partial charge on any atom is -0.478 e. The minimum absolute atomic E-state index is 0.299. The summed E-state index contributed by atoms with van der Waals surface area (Å²) in [5.74, 6) is -2.84. The number of hydrogen-bond acceptors (Lipinski definition) is 3. The Hall–Kier alpha value is -1.25. The maximum Gasteiger partial charge on any atom is 0.338 e. The molecule has 5 nitrogen and oxygen atoms in total. The van der Waals surface area contributed by atoms with Gasteiger partial charge in [-0.2, -0.15) is 4.39 Å². The van der Waals surface area contributed by atoms with Crippen molar-refractivity contribution in [1.29, 1.82) is 0 Å². The molecular formula is C7H3FINO4. The maximum atomic E-state index is 13.1. The lowest BCUT2D eigenvalue weighted by molar-refractivity contribution is -0.387. The summed E-state index contributed by atoms with van der Waals surface area (Å²) < 4.78 is 13.4. The lowest BCUT2D eigenvalue weighted by Gasteiger charge is -1.99. The smallest absolute Gasteiger partial charge is 0.338 e. The number of carboxylic acid groups (broad SMARTS) is 1. The van der Waals surface area contributed by atoms with E-state index in [-0.39, 0.29) is 0 Å². The van der Waals surface area contributed by atoms with Crippen LogP contribution in [0, 0.1) is 19.5 Å². The molecule has 74 valence electrons. The third-order valence-corrected chi connectivity index (χ3v) is 2.07. The first-order valence-corrected chi connectivity index (χ1v) is 4.38. The highest BCUT2D eigenvalue weighted by Gasteiger charge is 2.22. The molecule has 0 amide bonds. The van der Waals surface area contributed by atoms with Gasteiger partial charge >= 0.3 is 11.7 Å². The van der Waals surface area contributed by atoms with Crippen molar-refractivity contribution in [3.05, 3.63) is 37.2 Å². The topological polar surface area (TPSA) is 80.4 Å². The molecule has 0 unspecified atom stereocenters. The third kappa shape index (κ3) is 1.97. The molecule has 1 N–H and O–H groups in total. The summed E-state index contributed by atoms with van der Waals surface area (Å²) >= 11 is 1.68. The van der Waals surface area contributed by atoms with Crippen molar-refractivity contribution < 1.29 is 19.2 Å². The number of nitrogens with zero attached hydrogens (tertiary/aromatic N) is 1. The average Bonchev–Trinajstić information content (AvgIpc) is 2.07. The fraction of sp³-hybridized carbons (Fsp3) is 0. The van der Waals surface area contributed by atoms with Crippen molar-refractivity contribution in [2.45, 2.75) is 0 Å². The Morgan fingerprint density at radius 1 is 1.57 bits per heavy atom. The van der Waals surface area contributed by atoms with E-state index in [1.54, 1.807) is 22.6 Å². The number of rotatable bonds is 2. The van der Waals surface area contributed by atoms with Crippen molar-refractivity contribution >= 4 is 34.2 Å². The standard InChI is InChI=1S/C7H3FINO4/c8-6-4(7(11)12)1-3(9)2-5(6)10(13)14/h1-2H,(H,11,12). The number of halogens is 2. The van der Waals surface area contributed by atoms with Crippen molar-refractivity contribution in [2.24, 2.45) is 0 Å². The number of hydrogen-bond donors (Lipinski definition) is 1. The lowest BCUT2D eigenvalue weighted by atomic mass is 10.2. The fourth-order valence-corrected chi connectivity index (χ4v) is 1.47. The van der Waals surface area contributed by atoms with Crippen LogP contribution in [-0.4, -0.2) is 16.0 Å². The predicted molar refractivity (Wildman–Crippen MR) is 52.7 cm³/mol. The van der Waals surface area contributed by atoms with Crippen LogP contribution in [0.15, 0.2) is 12.1 Å². The van der Waals surface area contributed by atoms with Crippen molar-refractivity contribution in [3.8, 4) is 0 Å². The molecule has 1 aromatic carbocycles. The van der Waals surface area contributed by atoms with E-state index in [0.29, 0.717) is 3.57 Å². The van der Waals surface area contributed by atoms with Crippen LogP contribution < -0.4 is 0 Å². The molecule has 14 heavy (non-hydrogen) atoms. The summed E-state index contributed by atoms with van der Waals surface area (Å²) in [5.41, 5.74) is -1.52. The van der Waals surface area contributed by atoms with Crippen LogP contribution in [0.25, 0.3) is 0 Å². The van der Waals surface area contributed by atoms with Gasteiger partial charge in [0.05, 0.1) is 4.92 Å². The van der Waals surface area contributed by atoms with E-state index >= 15 is 0 Å². The van der Waals surface area contributed by atoms with E-state index in [4.69, 9.17) is 5.11 Å². The summed E-state index contributed by atoms with van der Waals surface area (Å²) in [6.45, 7) is 0. The molecule has 7 heteroatoms. The Balaban J connectivity index is 3.47. The largest absolute Gasteiger partial charge is 0.478 e. The van der Waals surface area contributed by atoms with Crippen molar-refractivity contribution in [2.75, 3.05) is 0 Å². The van der Waals surface area contributed by atoms with Gasteiger partial charge in [-0.3, -0.25) is 10.1 Å². The first-order valence-electron chi connectivity index (χ1n) is 3.30. The van der Waals surface area contributed by atoms with E-state index < -0.39 is 28.0 Å². The molecule has 1 rings (SSSR count). The van der Waals surface area contributed by atoms with Gasteiger partial charge in [-0.1, -0.05) is 0 Å². The molecule has 0 aliphatic carbocycles. The number of nitro benzene ring substituents is 1. The summed E-state index contributed by atoms with van der Waals surface area (Å²) in [4.78, 5) is 19.8. The molecule has 0 radical (unpaired) electrons. The third-order valence-electron chi connectivity index (χ3n) is 1.45. The van der Waals surface area contributed by atoms with Gasteiger partial charge in [0.25, 0.3) is 0 Å². The Bertz CT molecular complexity index is 385. The highest BCUT2D eigenvalue weighted by Crippen LogP contribution is 2.23. The number of benzene rings is 1. The minimum atomic E-state index is -1.52. The first kappa shape index (κ1) is 10.8.